The Kier molecular flexibility index (Phi) is 5.80. The summed E-state index contributed by atoms with van der Waals surface area (Å²) in [7, 11) is 1.49. The van der Waals surface area contributed by atoms with Crippen LogP contribution in [0.25, 0.3) is 0 Å². The van der Waals surface area contributed by atoms with Crippen molar-refractivity contribution in [3.63, 3.8) is 0 Å². The average molecular weight is 356 g/mol. The van der Waals surface area contributed by atoms with Crippen molar-refractivity contribution in [1.82, 2.24) is 4.68 Å². The smallest absolute Gasteiger partial charge is 0.254 e. The van der Waals surface area contributed by atoms with Gasteiger partial charge in [0.25, 0.3) is 5.91 Å². The van der Waals surface area contributed by atoms with E-state index in [-0.39, 0.29) is 40.7 Å². The highest BCUT2D eigenvalue weighted by atomic mass is 79.9. The van der Waals surface area contributed by atoms with E-state index in [9.17, 15) is 14.0 Å². The van der Waals surface area contributed by atoms with E-state index < -0.39 is 11.6 Å². The molecular formula is C14H15BrFN3O2. The molecule has 0 atom stereocenters. The molecule has 1 heterocycles. The molecule has 0 aliphatic carbocycles. The Hall–Kier alpha value is -1.99. The fraction of sp³-hybridized carbons (Fsp3) is 0.143. The lowest BCUT2D eigenvalue weighted by Gasteiger charge is -2.20. The highest BCUT2D eigenvalue weighted by Crippen LogP contribution is 2.14. The molecule has 2 N–H and O–H groups in total. The van der Waals surface area contributed by atoms with Gasteiger partial charge in [-0.3, -0.25) is 19.3 Å². The van der Waals surface area contributed by atoms with Crippen molar-refractivity contribution in [1.29, 1.82) is 0 Å². The van der Waals surface area contributed by atoms with Crippen LogP contribution in [0.2, 0.25) is 0 Å². The molecule has 1 aromatic carbocycles. The maximum atomic E-state index is 13.7. The number of nitrogens with two attached hydrogens (primary N) is 1. The molecule has 0 aliphatic rings. The number of carbonyl (C=O) groups is 2. The summed E-state index contributed by atoms with van der Waals surface area (Å²) in [6, 6.07) is 8.84. The molecular weight excluding hydrogens is 341 g/mol. The summed E-state index contributed by atoms with van der Waals surface area (Å²) in [5, 5.41) is 1.22. The quantitative estimate of drug-likeness (QED) is 0.844. The lowest BCUT2D eigenvalue weighted by molar-refractivity contribution is -0.118. The van der Waals surface area contributed by atoms with Gasteiger partial charge in [-0.2, -0.15) is 0 Å². The minimum Gasteiger partial charge on any atom is -0.322 e. The van der Waals surface area contributed by atoms with Crippen molar-refractivity contribution in [2.75, 3.05) is 18.6 Å². The van der Waals surface area contributed by atoms with Crippen molar-refractivity contribution in [2.24, 2.45) is 5.73 Å². The Balaban J connectivity index is 0.00000220. The first-order chi connectivity index (χ1) is 9.56. The fourth-order valence-electron chi connectivity index (χ4n) is 1.85. The Bertz CT molecular complexity index is 657. The predicted octanol–water partition coefficient (Wildman–Crippen LogP) is 1.49. The summed E-state index contributed by atoms with van der Waals surface area (Å²) in [6.07, 6.45) is 1.54. The lowest BCUT2D eigenvalue weighted by Crippen LogP contribution is -2.41. The van der Waals surface area contributed by atoms with Crippen LogP contribution in [0.15, 0.2) is 42.6 Å². The first-order valence-electron chi connectivity index (χ1n) is 5.99. The fourth-order valence-corrected chi connectivity index (χ4v) is 1.85. The third-order valence-corrected chi connectivity index (χ3v) is 2.94. The third kappa shape index (κ3) is 3.37. The van der Waals surface area contributed by atoms with Gasteiger partial charge in [-0.25, -0.2) is 4.39 Å². The molecule has 0 aliphatic heterocycles. The number of likely N-dealkylation sites (N-methyl/N-ethyl adjacent to an activating group) is 1. The summed E-state index contributed by atoms with van der Waals surface area (Å²) < 4.78 is 15.0. The van der Waals surface area contributed by atoms with Gasteiger partial charge >= 0.3 is 0 Å². The number of carbonyl (C=O) groups excluding carboxylic acids is 2. The second-order valence-electron chi connectivity index (χ2n) is 4.17. The van der Waals surface area contributed by atoms with Crippen LogP contribution in [0.5, 0.6) is 0 Å². The van der Waals surface area contributed by atoms with Crippen molar-refractivity contribution in [3.05, 3.63) is 59.7 Å². The van der Waals surface area contributed by atoms with E-state index in [1.165, 1.54) is 41.0 Å². The molecule has 0 radical (unpaired) electrons. The summed E-state index contributed by atoms with van der Waals surface area (Å²) in [5.74, 6) is -1.45. The second-order valence-corrected chi connectivity index (χ2v) is 4.17. The van der Waals surface area contributed by atoms with Gasteiger partial charge in [0.15, 0.2) is 0 Å². The Morgan fingerprint density at radius 3 is 2.52 bits per heavy atom. The van der Waals surface area contributed by atoms with E-state index in [0.29, 0.717) is 0 Å². The van der Waals surface area contributed by atoms with E-state index >= 15 is 0 Å². The number of rotatable bonds is 4. The third-order valence-electron chi connectivity index (χ3n) is 2.94. The number of hydrogen-bond acceptors (Lipinski definition) is 3. The molecule has 0 unspecified atom stereocenters. The van der Waals surface area contributed by atoms with Crippen LogP contribution < -0.4 is 10.7 Å². The minimum atomic E-state index is -0.599. The molecule has 112 valence electrons. The number of nitrogens with zero attached hydrogens (tertiary/aromatic N) is 2. The summed E-state index contributed by atoms with van der Waals surface area (Å²) >= 11 is 0. The van der Waals surface area contributed by atoms with Gasteiger partial charge in [-0.1, -0.05) is 12.1 Å². The maximum absolute atomic E-state index is 13.7. The van der Waals surface area contributed by atoms with Crippen molar-refractivity contribution < 1.29 is 14.0 Å². The first kappa shape index (κ1) is 17.1. The van der Waals surface area contributed by atoms with Crippen molar-refractivity contribution in [3.8, 4) is 0 Å². The van der Waals surface area contributed by atoms with Gasteiger partial charge in [0.05, 0.1) is 12.1 Å². The SMILES string of the molecule is Br.CN(C(=O)CN)n1cccc1C(=O)c1ccccc1F. The van der Waals surface area contributed by atoms with Crippen molar-refractivity contribution >= 4 is 28.7 Å². The predicted molar refractivity (Wildman–Crippen MR) is 82.8 cm³/mol. The molecule has 2 aromatic rings. The largest absolute Gasteiger partial charge is 0.322 e. The zero-order chi connectivity index (χ0) is 14.7. The van der Waals surface area contributed by atoms with E-state index in [1.54, 1.807) is 18.3 Å². The van der Waals surface area contributed by atoms with Crippen LogP contribution in [0.3, 0.4) is 0 Å². The van der Waals surface area contributed by atoms with Gasteiger partial charge in [-0.05, 0) is 24.3 Å². The molecule has 0 fully saturated rings. The number of ketones is 1. The zero-order valence-corrected chi connectivity index (χ0v) is 13.0. The summed E-state index contributed by atoms with van der Waals surface area (Å²) in [5.41, 5.74) is 5.44. The zero-order valence-electron chi connectivity index (χ0n) is 11.3. The lowest BCUT2D eigenvalue weighted by atomic mass is 10.1. The molecule has 1 amide bonds. The highest BCUT2D eigenvalue weighted by molar-refractivity contribution is 8.93. The standard InChI is InChI=1S/C14H14FN3O2.BrH/c1-17(13(19)9-16)18-8-4-7-12(18)14(20)10-5-2-3-6-11(10)15;/h2-8H,9,16H2,1H3;1H. The minimum absolute atomic E-state index is 0. The van der Waals surface area contributed by atoms with Crippen LogP contribution in [0.4, 0.5) is 4.39 Å². The number of aromatic nitrogens is 1. The van der Waals surface area contributed by atoms with Crippen LogP contribution in [-0.2, 0) is 4.79 Å². The van der Waals surface area contributed by atoms with Crippen LogP contribution in [0.1, 0.15) is 16.1 Å². The molecule has 5 nitrogen and oxygen atoms in total. The first-order valence-corrected chi connectivity index (χ1v) is 5.99. The highest BCUT2D eigenvalue weighted by Gasteiger charge is 2.20. The van der Waals surface area contributed by atoms with E-state index in [1.807, 2.05) is 0 Å². The summed E-state index contributed by atoms with van der Waals surface area (Å²) in [6.45, 7) is -0.179. The molecule has 0 spiro atoms. The van der Waals surface area contributed by atoms with E-state index in [2.05, 4.69) is 0 Å². The molecule has 7 heteroatoms. The topological polar surface area (TPSA) is 68.3 Å². The second kappa shape index (κ2) is 7.14. The van der Waals surface area contributed by atoms with E-state index in [0.717, 1.165) is 0 Å². The molecule has 1 aromatic heterocycles. The Morgan fingerprint density at radius 2 is 1.90 bits per heavy atom. The van der Waals surface area contributed by atoms with Gasteiger partial charge in [0.2, 0.25) is 5.78 Å². The van der Waals surface area contributed by atoms with Gasteiger partial charge in [-0.15, -0.1) is 17.0 Å². The van der Waals surface area contributed by atoms with E-state index in [4.69, 9.17) is 5.73 Å². The summed E-state index contributed by atoms with van der Waals surface area (Å²) in [4.78, 5) is 23.9. The van der Waals surface area contributed by atoms with Crippen LogP contribution in [-0.4, -0.2) is 30.0 Å². The average Bonchev–Trinajstić information content (AvgIpc) is 2.94. The Morgan fingerprint density at radius 1 is 1.24 bits per heavy atom. The van der Waals surface area contributed by atoms with Gasteiger partial charge in [0.1, 0.15) is 11.5 Å². The van der Waals surface area contributed by atoms with Crippen LogP contribution >= 0.6 is 17.0 Å². The van der Waals surface area contributed by atoms with Gasteiger partial charge in [0, 0.05) is 13.2 Å². The number of halogens is 2. The molecule has 0 bridgehead atoms. The Labute approximate surface area is 131 Å². The number of amides is 1. The molecule has 21 heavy (non-hydrogen) atoms. The molecule has 0 saturated carbocycles. The molecule has 0 saturated heterocycles. The maximum Gasteiger partial charge on any atom is 0.254 e. The number of benzene rings is 1. The monoisotopic (exact) mass is 355 g/mol. The normalized spacial score (nSPS) is 9.86. The van der Waals surface area contributed by atoms with Gasteiger partial charge < -0.3 is 5.73 Å². The molecule has 2 rings (SSSR count). The number of hydrogen-bond donors (Lipinski definition) is 1. The van der Waals surface area contributed by atoms with Crippen LogP contribution in [0, 0.1) is 5.82 Å². The van der Waals surface area contributed by atoms with Crippen molar-refractivity contribution in [2.45, 2.75) is 0 Å².